The predicted molar refractivity (Wildman–Crippen MR) is 79.8 cm³/mol. The Morgan fingerprint density at radius 1 is 1.11 bits per heavy atom. The molecule has 0 heterocycles. The minimum absolute atomic E-state index is 0.543. The van der Waals surface area contributed by atoms with Gasteiger partial charge < -0.3 is 4.79 Å². The summed E-state index contributed by atoms with van der Waals surface area (Å²) in [5, 5.41) is 0.711. The lowest BCUT2D eigenvalue weighted by Crippen LogP contribution is -2.27. The Morgan fingerprint density at radius 3 is 2.32 bits per heavy atom. The fourth-order valence-electron chi connectivity index (χ4n) is 2.18. The van der Waals surface area contributed by atoms with Crippen LogP contribution in [0.5, 0.6) is 0 Å². The average molecular weight is 273 g/mol. The van der Waals surface area contributed by atoms with E-state index in [0.717, 1.165) is 17.4 Å². The van der Waals surface area contributed by atoms with Crippen LogP contribution < -0.4 is 0 Å². The van der Waals surface area contributed by atoms with E-state index < -0.39 is 5.41 Å². The summed E-state index contributed by atoms with van der Waals surface area (Å²) >= 11 is 6.18. The molecule has 0 aliphatic rings. The summed E-state index contributed by atoms with van der Waals surface area (Å²) < 4.78 is 0. The van der Waals surface area contributed by atoms with Crippen molar-refractivity contribution in [2.75, 3.05) is 0 Å². The molecule has 0 spiro atoms. The summed E-state index contributed by atoms with van der Waals surface area (Å²) in [6, 6.07) is 15.8. The van der Waals surface area contributed by atoms with Crippen molar-refractivity contribution in [2.24, 2.45) is 0 Å². The minimum Gasteiger partial charge on any atom is -0.302 e. The van der Waals surface area contributed by atoms with Gasteiger partial charge in [-0.25, -0.2) is 0 Å². The van der Waals surface area contributed by atoms with Crippen molar-refractivity contribution in [1.82, 2.24) is 0 Å². The Kier molecular flexibility index (Phi) is 4.06. The van der Waals surface area contributed by atoms with E-state index in [2.05, 4.69) is 0 Å². The summed E-state index contributed by atoms with van der Waals surface area (Å²) in [5.74, 6) is 0. The Morgan fingerprint density at radius 2 is 1.74 bits per heavy atom. The lowest BCUT2D eigenvalue weighted by atomic mass is 9.78. The zero-order chi connectivity index (χ0) is 13.9. The highest BCUT2D eigenvalue weighted by Crippen LogP contribution is 2.29. The molecule has 2 rings (SSSR count). The smallest absolute Gasteiger partial charge is 0.130 e. The molecule has 98 valence electrons. The van der Waals surface area contributed by atoms with Gasteiger partial charge in [-0.2, -0.15) is 0 Å². The van der Waals surface area contributed by atoms with Crippen LogP contribution in [0.15, 0.2) is 48.5 Å². The summed E-state index contributed by atoms with van der Waals surface area (Å²) in [6.45, 7) is 3.99. The fourth-order valence-corrected chi connectivity index (χ4v) is 2.39. The van der Waals surface area contributed by atoms with E-state index in [-0.39, 0.29) is 0 Å². The lowest BCUT2D eigenvalue weighted by molar-refractivity contribution is -0.112. The van der Waals surface area contributed by atoms with Gasteiger partial charge in [-0.15, -0.1) is 0 Å². The number of aldehydes is 1. The van der Waals surface area contributed by atoms with Gasteiger partial charge in [0.05, 0.1) is 5.41 Å². The number of carbonyl (C=O) groups is 1. The highest BCUT2D eigenvalue weighted by Gasteiger charge is 2.27. The number of benzene rings is 2. The Hall–Kier alpha value is -1.60. The second-order valence-corrected chi connectivity index (χ2v) is 5.58. The van der Waals surface area contributed by atoms with Crippen LogP contribution in [0.1, 0.15) is 23.6 Å². The van der Waals surface area contributed by atoms with Crippen molar-refractivity contribution in [3.63, 3.8) is 0 Å². The number of carbonyl (C=O) groups excluding carboxylic acids is 1. The molecule has 0 aromatic heterocycles. The number of hydrogen-bond acceptors (Lipinski definition) is 1. The Labute approximate surface area is 119 Å². The summed E-state index contributed by atoms with van der Waals surface area (Å²) in [4.78, 5) is 11.6. The standard InChI is InChI=1S/C17H17ClO/c1-13-7-9-15(10-8-13)17(2,12-19)11-14-5-3-4-6-16(14)18/h3-10,12H,11H2,1-2H3. The molecule has 1 unspecified atom stereocenters. The van der Waals surface area contributed by atoms with Gasteiger partial charge in [0.2, 0.25) is 0 Å². The zero-order valence-corrected chi connectivity index (χ0v) is 11.9. The fraction of sp³-hybridized carbons (Fsp3) is 0.235. The topological polar surface area (TPSA) is 17.1 Å². The second-order valence-electron chi connectivity index (χ2n) is 5.17. The van der Waals surface area contributed by atoms with Gasteiger partial charge in [0, 0.05) is 5.02 Å². The number of halogens is 1. The molecule has 19 heavy (non-hydrogen) atoms. The van der Waals surface area contributed by atoms with Gasteiger partial charge in [0.15, 0.2) is 0 Å². The second kappa shape index (κ2) is 5.58. The summed E-state index contributed by atoms with van der Waals surface area (Å²) in [7, 11) is 0. The molecule has 0 aliphatic heterocycles. The van der Waals surface area contributed by atoms with E-state index in [1.807, 2.05) is 62.4 Å². The Balaban J connectivity index is 2.35. The largest absolute Gasteiger partial charge is 0.302 e. The van der Waals surface area contributed by atoms with E-state index >= 15 is 0 Å². The van der Waals surface area contributed by atoms with E-state index in [9.17, 15) is 4.79 Å². The molecule has 0 aliphatic carbocycles. The molecule has 0 saturated carbocycles. The van der Waals surface area contributed by atoms with Crippen molar-refractivity contribution < 1.29 is 4.79 Å². The molecule has 0 saturated heterocycles. The van der Waals surface area contributed by atoms with Crippen LogP contribution in [0, 0.1) is 6.92 Å². The van der Waals surface area contributed by atoms with E-state index in [1.165, 1.54) is 5.56 Å². The van der Waals surface area contributed by atoms with Crippen LogP contribution in [-0.2, 0) is 16.6 Å². The molecule has 1 nitrogen and oxygen atoms in total. The van der Waals surface area contributed by atoms with Crippen LogP contribution in [0.4, 0.5) is 0 Å². The molecular formula is C17H17ClO. The van der Waals surface area contributed by atoms with Gasteiger partial charge in [-0.05, 0) is 37.5 Å². The van der Waals surface area contributed by atoms with E-state index in [4.69, 9.17) is 11.6 Å². The molecule has 2 aromatic rings. The van der Waals surface area contributed by atoms with E-state index in [1.54, 1.807) is 0 Å². The van der Waals surface area contributed by atoms with Gasteiger partial charge in [0.25, 0.3) is 0 Å². The van der Waals surface area contributed by atoms with Gasteiger partial charge in [0.1, 0.15) is 6.29 Å². The van der Waals surface area contributed by atoms with Crippen molar-refractivity contribution in [3.8, 4) is 0 Å². The maximum absolute atomic E-state index is 11.6. The van der Waals surface area contributed by atoms with Crippen molar-refractivity contribution in [2.45, 2.75) is 25.7 Å². The third kappa shape index (κ3) is 3.05. The van der Waals surface area contributed by atoms with Crippen LogP contribution in [0.2, 0.25) is 5.02 Å². The normalized spacial score (nSPS) is 13.8. The first-order valence-corrected chi connectivity index (χ1v) is 6.70. The summed E-state index contributed by atoms with van der Waals surface area (Å²) in [6.07, 6.45) is 1.63. The number of hydrogen-bond donors (Lipinski definition) is 0. The van der Waals surface area contributed by atoms with Crippen molar-refractivity contribution >= 4 is 17.9 Å². The van der Waals surface area contributed by atoms with Crippen LogP contribution in [0.25, 0.3) is 0 Å². The number of rotatable bonds is 4. The first-order chi connectivity index (χ1) is 9.05. The molecule has 0 N–H and O–H groups in total. The summed E-state index contributed by atoms with van der Waals surface area (Å²) in [5.41, 5.74) is 2.67. The molecule has 0 fully saturated rings. The van der Waals surface area contributed by atoms with E-state index in [0.29, 0.717) is 11.4 Å². The van der Waals surface area contributed by atoms with Crippen molar-refractivity contribution in [1.29, 1.82) is 0 Å². The van der Waals surface area contributed by atoms with Crippen LogP contribution in [-0.4, -0.2) is 6.29 Å². The molecule has 0 radical (unpaired) electrons. The molecular weight excluding hydrogens is 256 g/mol. The average Bonchev–Trinajstić information content (AvgIpc) is 2.42. The van der Waals surface area contributed by atoms with Gasteiger partial charge in [-0.3, -0.25) is 0 Å². The first kappa shape index (κ1) is 13.8. The van der Waals surface area contributed by atoms with Gasteiger partial charge in [-0.1, -0.05) is 59.6 Å². The first-order valence-electron chi connectivity index (χ1n) is 6.32. The van der Waals surface area contributed by atoms with Crippen LogP contribution in [0.3, 0.4) is 0 Å². The lowest BCUT2D eigenvalue weighted by Gasteiger charge is -2.24. The molecule has 2 heteroatoms. The van der Waals surface area contributed by atoms with Crippen LogP contribution >= 0.6 is 11.6 Å². The molecule has 0 bridgehead atoms. The monoisotopic (exact) mass is 272 g/mol. The highest BCUT2D eigenvalue weighted by atomic mass is 35.5. The quantitative estimate of drug-likeness (QED) is 0.757. The zero-order valence-electron chi connectivity index (χ0n) is 11.2. The van der Waals surface area contributed by atoms with Gasteiger partial charge >= 0.3 is 0 Å². The minimum atomic E-state index is -0.543. The third-order valence-corrected chi connectivity index (χ3v) is 3.86. The predicted octanol–water partition coefficient (Wildman–Crippen LogP) is 4.35. The maximum atomic E-state index is 11.6. The molecule has 0 amide bonds. The highest BCUT2D eigenvalue weighted by molar-refractivity contribution is 6.31. The SMILES string of the molecule is Cc1ccc(C(C)(C=O)Cc2ccccc2Cl)cc1. The maximum Gasteiger partial charge on any atom is 0.130 e. The third-order valence-electron chi connectivity index (χ3n) is 3.49. The van der Waals surface area contributed by atoms with Crippen molar-refractivity contribution in [3.05, 3.63) is 70.2 Å². The molecule has 2 aromatic carbocycles. The molecule has 1 atom stereocenters. The Bertz CT molecular complexity index is 574. The number of aryl methyl sites for hydroxylation is 1.